The fraction of sp³-hybridized carbons (Fsp3) is 0.267. The van der Waals surface area contributed by atoms with Gasteiger partial charge in [-0.1, -0.05) is 42.5 Å². The summed E-state index contributed by atoms with van der Waals surface area (Å²) in [5.74, 6) is 1.44. The Morgan fingerprint density at radius 3 is 2.44 bits per heavy atom. The molecule has 0 aliphatic carbocycles. The van der Waals surface area contributed by atoms with E-state index in [1.165, 1.54) is 7.11 Å². The van der Waals surface area contributed by atoms with E-state index in [1.807, 2.05) is 66.7 Å². The maximum absolute atomic E-state index is 12.8. The van der Waals surface area contributed by atoms with Crippen LogP contribution in [0.25, 0.3) is 10.8 Å². The molecule has 2 heterocycles. The van der Waals surface area contributed by atoms with Crippen molar-refractivity contribution < 1.29 is 19.1 Å². The molecule has 200 valence electrons. The number of hydrogen-bond acceptors (Lipinski definition) is 8. The van der Waals surface area contributed by atoms with Crippen LogP contribution < -0.4 is 15.5 Å². The molecule has 0 bridgehead atoms. The fourth-order valence-corrected chi connectivity index (χ4v) is 4.64. The average Bonchev–Trinajstić information content (AvgIpc) is 2.98. The summed E-state index contributed by atoms with van der Waals surface area (Å²) in [7, 11) is 3.15. The Balaban J connectivity index is 1.34. The molecule has 0 spiro atoms. The number of anilines is 3. The van der Waals surface area contributed by atoms with Crippen LogP contribution in [0.2, 0.25) is 0 Å². The molecule has 1 aliphatic heterocycles. The molecule has 1 aromatic heterocycles. The lowest BCUT2D eigenvalue weighted by molar-refractivity contribution is -0.139. The van der Waals surface area contributed by atoms with Crippen LogP contribution in [-0.2, 0) is 27.1 Å². The summed E-state index contributed by atoms with van der Waals surface area (Å²) in [5, 5.41) is 8.21. The van der Waals surface area contributed by atoms with Crippen LogP contribution in [0.5, 0.6) is 0 Å². The zero-order valence-corrected chi connectivity index (χ0v) is 22.1. The minimum atomic E-state index is -0.348. The predicted molar refractivity (Wildman–Crippen MR) is 151 cm³/mol. The van der Waals surface area contributed by atoms with E-state index in [1.54, 1.807) is 7.05 Å². The van der Waals surface area contributed by atoms with Crippen LogP contribution in [0.1, 0.15) is 27.3 Å². The second-order valence-corrected chi connectivity index (χ2v) is 9.28. The largest absolute Gasteiger partial charge is 0.469 e. The number of morpholine rings is 1. The first-order valence-electron chi connectivity index (χ1n) is 12.9. The minimum Gasteiger partial charge on any atom is -0.469 e. The predicted octanol–water partition coefficient (Wildman–Crippen LogP) is 4.07. The summed E-state index contributed by atoms with van der Waals surface area (Å²) < 4.78 is 10.4. The monoisotopic (exact) mass is 525 g/mol. The summed E-state index contributed by atoms with van der Waals surface area (Å²) >= 11 is 0. The number of ether oxygens (including phenoxy) is 2. The van der Waals surface area contributed by atoms with Crippen molar-refractivity contribution in [1.29, 1.82) is 0 Å². The molecule has 0 radical (unpaired) electrons. The molecule has 3 aromatic carbocycles. The van der Waals surface area contributed by atoms with Crippen LogP contribution in [-0.4, -0.2) is 62.3 Å². The van der Waals surface area contributed by atoms with E-state index in [-0.39, 0.29) is 18.3 Å². The number of benzene rings is 3. The Bertz CT molecular complexity index is 1480. The van der Waals surface area contributed by atoms with Crippen molar-refractivity contribution in [2.75, 3.05) is 56.0 Å². The number of carbonyl (C=O) groups excluding carboxylic acids is 2. The first-order chi connectivity index (χ1) is 19.0. The summed E-state index contributed by atoms with van der Waals surface area (Å²) in [6.07, 6.45) is 0.564. The van der Waals surface area contributed by atoms with Gasteiger partial charge in [-0.3, -0.25) is 9.59 Å². The Hall–Kier alpha value is -4.50. The second kappa shape index (κ2) is 11.9. The van der Waals surface area contributed by atoms with Crippen LogP contribution in [0.3, 0.4) is 0 Å². The zero-order chi connectivity index (χ0) is 27.2. The van der Waals surface area contributed by atoms with Gasteiger partial charge in [0.25, 0.3) is 5.91 Å². The first kappa shape index (κ1) is 26.1. The molecular formula is C30H31N5O4. The van der Waals surface area contributed by atoms with Gasteiger partial charge in [0.05, 0.1) is 26.7 Å². The first-order valence-corrected chi connectivity index (χ1v) is 12.9. The third-order valence-corrected chi connectivity index (χ3v) is 6.71. The lowest BCUT2D eigenvalue weighted by Gasteiger charge is -2.30. The average molecular weight is 526 g/mol. The van der Waals surface area contributed by atoms with Gasteiger partial charge in [0, 0.05) is 43.4 Å². The smallest absolute Gasteiger partial charge is 0.310 e. The highest BCUT2D eigenvalue weighted by Gasteiger charge is 2.23. The van der Waals surface area contributed by atoms with Crippen LogP contribution in [0.15, 0.2) is 66.7 Å². The van der Waals surface area contributed by atoms with Crippen molar-refractivity contribution in [1.82, 2.24) is 9.97 Å². The number of hydrogen-bond donors (Lipinski definition) is 2. The Morgan fingerprint density at radius 1 is 0.974 bits per heavy atom. The van der Waals surface area contributed by atoms with E-state index in [9.17, 15) is 9.59 Å². The highest BCUT2D eigenvalue weighted by molar-refractivity contribution is 6.06. The molecule has 0 saturated carbocycles. The van der Waals surface area contributed by atoms with E-state index in [4.69, 9.17) is 19.4 Å². The van der Waals surface area contributed by atoms with Crippen molar-refractivity contribution in [3.8, 4) is 0 Å². The number of carbonyl (C=O) groups is 2. The number of amides is 1. The van der Waals surface area contributed by atoms with E-state index in [0.717, 1.165) is 22.2 Å². The molecule has 1 aliphatic rings. The van der Waals surface area contributed by atoms with Gasteiger partial charge in [-0.2, -0.15) is 0 Å². The van der Waals surface area contributed by atoms with Crippen molar-refractivity contribution in [2.45, 2.75) is 12.8 Å². The molecule has 0 unspecified atom stereocenters. The van der Waals surface area contributed by atoms with E-state index in [0.29, 0.717) is 61.2 Å². The van der Waals surface area contributed by atoms with Gasteiger partial charge < -0.3 is 25.0 Å². The maximum atomic E-state index is 12.8. The number of nitrogens with zero attached hydrogens (tertiary/aromatic N) is 3. The van der Waals surface area contributed by atoms with E-state index < -0.39 is 0 Å². The molecule has 0 atom stereocenters. The lowest BCUT2D eigenvalue weighted by Crippen LogP contribution is -2.38. The minimum absolute atomic E-state index is 0.0746. The van der Waals surface area contributed by atoms with Gasteiger partial charge in [-0.25, -0.2) is 9.97 Å². The van der Waals surface area contributed by atoms with Crippen molar-refractivity contribution in [3.05, 3.63) is 89.2 Å². The molecule has 1 fully saturated rings. The Labute approximate surface area is 227 Å². The van der Waals surface area contributed by atoms with Gasteiger partial charge in [-0.05, 0) is 40.6 Å². The summed E-state index contributed by atoms with van der Waals surface area (Å²) in [6, 6.07) is 21.3. The number of methoxy groups -OCH3 is 1. The number of aromatic nitrogens is 2. The molecular weight excluding hydrogens is 494 g/mol. The summed E-state index contributed by atoms with van der Waals surface area (Å²) in [6.45, 7) is 2.55. The van der Waals surface area contributed by atoms with Crippen molar-refractivity contribution in [2.24, 2.45) is 0 Å². The molecule has 1 saturated heterocycles. The SMILES string of the molecule is CNc1nc(Cc2ccc(NC(=O)c3ccc4ccccc4c3)cc2)nc(N2CCOCC2)c1CC(=O)OC. The second-order valence-electron chi connectivity index (χ2n) is 9.28. The van der Waals surface area contributed by atoms with Crippen LogP contribution in [0.4, 0.5) is 17.3 Å². The maximum Gasteiger partial charge on any atom is 0.310 e. The number of rotatable bonds is 8. The summed E-state index contributed by atoms with van der Waals surface area (Å²) in [4.78, 5) is 36.7. The topological polar surface area (TPSA) is 106 Å². The van der Waals surface area contributed by atoms with Gasteiger partial charge >= 0.3 is 5.97 Å². The normalized spacial score (nSPS) is 13.2. The number of nitrogens with one attached hydrogen (secondary N) is 2. The van der Waals surface area contributed by atoms with Crippen molar-refractivity contribution >= 4 is 40.0 Å². The van der Waals surface area contributed by atoms with Crippen LogP contribution in [0, 0.1) is 0 Å². The zero-order valence-electron chi connectivity index (χ0n) is 22.1. The molecule has 5 rings (SSSR count). The number of esters is 1. The van der Waals surface area contributed by atoms with Gasteiger partial charge in [-0.15, -0.1) is 0 Å². The highest BCUT2D eigenvalue weighted by Crippen LogP contribution is 2.27. The number of fused-ring (bicyclic) bond motifs is 1. The molecule has 39 heavy (non-hydrogen) atoms. The Morgan fingerprint density at radius 2 is 1.72 bits per heavy atom. The molecule has 4 aromatic rings. The van der Waals surface area contributed by atoms with Gasteiger partial charge in [0.1, 0.15) is 17.5 Å². The fourth-order valence-electron chi connectivity index (χ4n) is 4.64. The molecule has 1 amide bonds. The summed E-state index contributed by atoms with van der Waals surface area (Å²) in [5.41, 5.74) is 3.01. The van der Waals surface area contributed by atoms with Gasteiger partial charge in [0.2, 0.25) is 0 Å². The van der Waals surface area contributed by atoms with Gasteiger partial charge in [0.15, 0.2) is 0 Å². The quantitative estimate of drug-likeness (QED) is 0.332. The molecule has 2 N–H and O–H groups in total. The van der Waals surface area contributed by atoms with E-state index in [2.05, 4.69) is 15.5 Å². The standard InChI is InChI=1S/C30H31N5O4/c1-31-28-25(19-27(36)38-2)29(35-13-15-39-16-14-35)34-26(33-28)17-20-7-11-24(12-8-20)32-30(37)23-10-9-21-5-3-4-6-22(21)18-23/h3-12,18H,13-17,19H2,1-2H3,(H,32,37)(H,31,33,34). The van der Waals surface area contributed by atoms with Crippen LogP contribution >= 0.6 is 0 Å². The highest BCUT2D eigenvalue weighted by atomic mass is 16.5. The van der Waals surface area contributed by atoms with E-state index >= 15 is 0 Å². The third-order valence-electron chi connectivity index (χ3n) is 6.71. The molecule has 9 heteroatoms. The van der Waals surface area contributed by atoms with Crippen molar-refractivity contribution in [3.63, 3.8) is 0 Å². The third kappa shape index (κ3) is 6.15. The molecule has 9 nitrogen and oxygen atoms in total. The Kier molecular flexibility index (Phi) is 7.98. The lowest BCUT2D eigenvalue weighted by atomic mass is 10.1.